The van der Waals surface area contributed by atoms with Gasteiger partial charge in [-0.2, -0.15) is 4.98 Å². The van der Waals surface area contributed by atoms with Crippen LogP contribution in [0, 0.1) is 6.92 Å². The van der Waals surface area contributed by atoms with Gasteiger partial charge in [0.05, 0.1) is 24.7 Å². The Morgan fingerprint density at radius 2 is 1.86 bits per heavy atom. The van der Waals surface area contributed by atoms with E-state index in [2.05, 4.69) is 61.5 Å². The molecule has 2 N–H and O–H groups in total. The second-order valence-corrected chi connectivity index (χ2v) is 9.70. The predicted octanol–water partition coefficient (Wildman–Crippen LogP) is 4.21. The Morgan fingerprint density at radius 3 is 2.59 bits per heavy atom. The minimum atomic E-state index is 0.0559. The van der Waals surface area contributed by atoms with E-state index in [4.69, 9.17) is 16.3 Å². The first-order chi connectivity index (χ1) is 17.9. The highest BCUT2D eigenvalue weighted by atomic mass is 35.5. The van der Waals surface area contributed by atoms with Crippen LogP contribution in [0.25, 0.3) is 0 Å². The van der Waals surface area contributed by atoms with Gasteiger partial charge in [-0.15, -0.1) is 0 Å². The summed E-state index contributed by atoms with van der Waals surface area (Å²) in [7, 11) is 3.80. The van der Waals surface area contributed by atoms with Crippen LogP contribution in [-0.2, 0) is 4.79 Å². The number of benzene rings is 1. The lowest BCUT2D eigenvalue weighted by Gasteiger charge is -2.35. The number of rotatable bonds is 7. The molecule has 1 aromatic carbocycles. The summed E-state index contributed by atoms with van der Waals surface area (Å²) in [6.07, 6.45) is 4.54. The molecular formula is C26H31ClN8O2. The molecule has 2 fully saturated rings. The molecule has 1 amide bonds. The molecule has 3 aromatic rings. The number of amides is 1. The van der Waals surface area contributed by atoms with E-state index in [0.717, 1.165) is 49.5 Å². The molecule has 2 aliphatic rings. The number of likely N-dealkylation sites (N-methyl/N-ethyl adjacent to an activating group) is 1. The van der Waals surface area contributed by atoms with Crippen LogP contribution in [0.15, 0.2) is 36.7 Å². The number of ether oxygens (including phenoxy) is 1. The number of methoxy groups -OCH3 is 1. The monoisotopic (exact) mass is 522 g/mol. The Morgan fingerprint density at radius 1 is 1.05 bits per heavy atom. The van der Waals surface area contributed by atoms with Crippen molar-refractivity contribution in [2.45, 2.75) is 19.8 Å². The molecule has 5 rings (SSSR count). The van der Waals surface area contributed by atoms with Gasteiger partial charge in [0.2, 0.25) is 11.9 Å². The number of aromatic nitrogens is 3. The summed E-state index contributed by atoms with van der Waals surface area (Å²) >= 11 is 6.44. The highest BCUT2D eigenvalue weighted by Crippen LogP contribution is 2.36. The molecule has 0 aliphatic carbocycles. The molecule has 2 aromatic heterocycles. The van der Waals surface area contributed by atoms with E-state index in [0.29, 0.717) is 47.0 Å². The molecule has 10 nitrogen and oxygen atoms in total. The van der Waals surface area contributed by atoms with Crippen LogP contribution >= 0.6 is 11.6 Å². The zero-order valence-electron chi connectivity index (χ0n) is 21.3. The van der Waals surface area contributed by atoms with Crippen molar-refractivity contribution in [2.75, 3.05) is 67.3 Å². The maximum absolute atomic E-state index is 12.3. The molecule has 0 radical (unpaired) electrons. The summed E-state index contributed by atoms with van der Waals surface area (Å²) in [5.41, 5.74) is 3.70. The Balaban J connectivity index is 1.39. The quantitative estimate of drug-likeness (QED) is 0.472. The van der Waals surface area contributed by atoms with Crippen molar-refractivity contribution >= 4 is 52.2 Å². The first-order valence-corrected chi connectivity index (χ1v) is 12.7. The number of aryl methyl sites for hydroxylation is 1. The fourth-order valence-electron chi connectivity index (χ4n) is 4.68. The number of halogens is 1. The van der Waals surface area contributed by atoms with E-state index in [1.54, 1.807) is 24.3 Å². The van der Waals surface area contributed by atoms with E-state index >= 15 is 0 Å². The van der Waals surface area contributed by atoms with Gasteiger partial charge in [0, 0.05) is 57.1 Å². The van der Waals surface area contributed by atoms with Crippen molar-refractivity contribution in [3.8, 4) is 5.75 Å². The Labute approximate surface area is 221 Å². The van der Waals surface area contributed by atoms with Gasteiger partial charge in [-0.1, -0.05) is 11.6 Å². The minimum Gasteiger partial charge on any atom is -0.494 e. The first-order valence-electron chi connectivity index (χ1n) is 12.4. The fraction of sp³-hybridized carbons (Fsp3) is 0.385. The largest absolute Gasteiger partial charge is 0.494 e. The van der Waals surface area contributed by atoms with E-state index in [-0.39, 0.29) is 5.91 Å². The summed E-state index contributed by atoms with van der Waals surface area (Å²) < 4.78 is 5.71. The smallest absolute Gasteiger partial charge is 0.229 e. The zero-order valence-corrected chi connectivity index (χ0v) is 22.0. The highest BCUT2D eigenvalue weighted by Gasteiger charge is 2.25. The number of hydrogen-bond acceptors (Lipinski definition) is 9. The van der Waals surface area contributed by atoms with Gasteiger partial charge in [-0.3, -0.25) is 9.69 Å². The second kappa shape index (κ2) is 10.8. The van der Waals surface area contributed by atoms with E-state index in [1.807, 2.05) is 6.07 Å². The van der Waals surface area contributed by atoms with Gasteiger partial charge in [-0.05, 0) is 44.2 Å². The number of anilines is 6. The van der Waals surface area contributed by atoms with Crippen molar-refractivity contribution in [3.05, 3.63) is 47.2 Å². The molecular weight excluding hydrogens is 492 g/mol. The lowest BCUT2D eigenvalue weighted by Crippen LogP contribution is -2.44. The zero-order chi connectivity index (χ0) is 25.9. The van der Waals surface area contributed by atoms with Gasteiger partial charge >= 0.3 is 0 Å². The van der Waals surface area contributed by atoms with E-state index < -0.39 is 0 Å². The summed E-state index contributed by atoms with van der Waals surface area (Å²) in [4.78, 5) is 32.1. The molecule has 0 atom stereocenters. The average molecular weight is 523 g/mol. The topological polar surface area (TPSA) is 98.8 Å². The highest BCUT2D eigenvalue weighted by molar-refractivity contribution is 6.33. The number of carbonyl (C=O) groups excluding carboxylic acids is 1. The van der Waals surface area contributed by atoms with Crippen LogP contribution < -0.4 is 25.2 Å². The fourth-order valence-corrected chi connectivity index (χ4v) is 4.81. The number of nitrogens with zero attached hydrogens (tertiary/aromatic N) is 6. The molecule has 4 heterocycles. The average Bonchev–Trinajstić information content (AvgIpc) is 3.33. The SMILES string of the molecule is COc1cc(N2CCN(C)CC2)c(C)cc1Nc1ncc(Cl)c(Nc2cccnc2N2CCCC2=O)n1. The lowest BCUT2D eigenvalue weighted by molar-refractivity contribution is -0.117. The van der Waals surface area contributed by atoms with Gasteiger partial charge in [0.1, 0.15) is 10.8 Å². The van der Waals surface area contributed by atoms with Crippen LogP contribution in [0.4, 0.5) is 34.6 Å². The van der Waals surface area contributed by atoms with E-state index in [1.165, 1.54) is 6.20 Å². The molecule has 194 valence electrons. The Bertz CT molecular complexity index is 1300. The summed E-state index contributed by atoms with van der Waals surface area (Å²) in [6.45, 7) is 6.74. The normalized spacial score (nSPS) is 16.3. The molecule has 0 spiro atoms. The first kappa shape index (κ1) is 25.0. The van der Waals surface area contributed by atoms with Crippen LogP contribution in [-0.4, -0.2) is 72.6 Å². The predicted molar refractivity (Wildman–Crippen MR) is 147 cm³/mol. The molecule has 2 aliphatic heterocycles. The number of nitrogens with one attached hydrogen (secondary N) is 2. The Hall–Kier alpha value is -3.63. The molecule has 0 bridgehead atoms. The van der Waals surface area contributed by atoms with Crippen molar-refractivity contribution in [1.29, 1.82) is 0 Å². The van der Waals surface area contributed by atoms with Crippen LogP contribution in [0.2, 0.25) is 5.02 Å². The second-order valence-electron chi connectivity index (χ2n) is 9.29. The third-order valence-corrected chi connectivity index (χ3v) is 7.00. The van der Waals surface area contributed by atoms with Crippen LogP contribution in [0.1, 0.15) is 18.4 Å². The number of piperazine rings is 1. The molecule has 0 unspecified atom stereocenters. The third-order valence-electron chi connectivity index (χ3n) is 6.72. The van der Waals surface area contributed by atoms with Crippen molar-refractivity contribution in [3.63, 3.8) is 0 Å². The Kier molecular flexibility index (Phi) is 7.29. The van der Waals surface area contributed by atoms with Gasteiger partial charge in [-0.25, -0.2) is 9.97 Å². The minimum absolute atomic E-state index is 0.0559. The number of carbonyl (C=O) groups is 1. The van der Waals surface area contributed by atoms with Gasteiger partial charge < -0.3 is 25.2 Å². The summed E-state index contributed by atoms with van der Waals surface area (Å²) in [5.74, 6) is 2.09. The van der Waals surface area contributed by atoms with Gasteiger partial charge in [0.25, 0.3) is 0 Å². The standard InChI is InChI=1S/C26H31ClN8O2/c1-17-14-20(22(37-3)15-21(17)34-12-10-33(2)11-13-34)31-26-29-16-18(27)24(32-26)30-19-6-4-8-28-25(19)35-9-5-7-23(35)36/h4,6,8,14-16H,5,7,9-13H2,1-3H3,(H2,29,30,31,32). The number of pyridine rings is 1. The lowest BCUT2D eigenvalue weighted by atomic mass is 10.1. The molecule has 11 heteroatoms. The third kappa shape index (κ3) is 5.40. The maximum Gasteiger partial charge on any atom is 0.229 e. The summed E-state index contributed by atoms with van der Waals surface area (Å²) in [5, 5.41) is 6.87. The maximum atomic E-state index is 12.3. The van der Waals surface area contributed by atoms with E-state index in [9.17, 15) is 4.79 Å². The molecule has 37 heavy (non-hydrogen) atoms. The molecule has 0 saturated carbocycles. The van der Waals surface area contributed by atoms with Crippen molar-refractivity contribution in [1.82, 2.24) is 19.9 Å². The van der Waals surface area contributed by atoms with Crippen molar-refractivity contribution in [2.24, 2.45) is 0 Å². The van der Waals surface area contributed by atoms with Crippen LogP contribution in [0.3, 0.4) is 0 Å². The summed E-state index contributed by atoms with van der Waals surface area (Å²) in [6, 6.07) is 7.77. The number of hydrogen-bond donors (Lipinski definition) is 2. The molecule has 2 saturated heterocycles. The van der Waals surface area contributed by atoms with Crippen LogP contribution in [0.5, 0.6) is 5.75 Å². The van der Waals surface area contributed by atoms with Crippen molar-refractivity contribution < 1.29 is 9.53 Å². The van der Waals surface area contributed by atoms with Gasteiger partial charge in [0.15, 0.2) is 11.6 Å².